The molecule has 0 bridgehead atoms. The van der Waals surface area contributed by atoms with Gasteiger partial charge in [-0.05, 0) is 36.4 Å². The molecule has 5 heteroatoms. The fourth-order valence-electron chi connectivity index (χ4n) is 2.56. The number of carbonyl (C=O) groups excluding carboxylic acids is 1. The molecule has 3 rings (SSSR count). The first-order chi connectivity index (χ1) is 11.8. The van der Waals surface area contributed by atoms with Gasteiger partial charge in [0.2, 0.25) is 0 Å². The van der Waals surface area contributed by atoms with Gasteiger partial charge in [-0.15, -0.1) is 0 Å². The standard InChI is InChI=1S/C19H15OP.2ClH.Ir/c20-16-21(17-10-4-1-5-11-17,18-12-6-2-7-13-18)19-14-8-3-9-15-19;;;/h1-15H;2*1H;/q;;;+3/p-2. The second-order valence-corrected chi connectivity index (χ2v) is 11.4. The molecule has 0 N–H and O–H groups in total. The third-order valence-corrected chi connectivity index (χ3v) is 7.06. The average Bonchev–Trinajstić information content (AvgIpc) is 2.66. The van der Waals surface area contributed by atoms with Crippen molar-refractivity contribution in [1.29, 1.82) is 0 Å². The number of halogens is 2. The van der Waals surface area contributed by atoms with Crippen LogP contribution in [0, 0.1) is 0 Å². The molecule has 0 unspecified atom stereocenters. The second-order valence-electron chi connectivity index (χ2n) is 4.82. The second kappa shape index (κ2) is 10.1. The van der Waals surface area contributed by atoms with Crippen LogP contribution >= 0.6 is 26.4 Å². The molecule has 0 aliphatic rings. The van der Waals surface area contributed by atoms with E-state index < -0.39 is 22.9 Å². The van der Waals surface area contributed by atoms with Crippen molar-refractivity contribution in [2.75, 3.05) is 0 Å². The first kappa shape index (κ1) is 19.3. The van der Waals surface area contributed by atoms with Crippen molar-refractivity contribution >= 4 is 48.4 Å². The van der Waals surface area contributed by atoms with Crippen molar-refractivity contribution in [3.8, 4) is 0 Å². The first-order valence-corrected chi connectivity index (χ1v) is 14.8. The summed E-state index contributed by atoms with van der Waals surface area (Å²) in [6.07, 6.45) is 0. The maximum atomic E-state index is 12.2. The summed E-state index contributed by atoms with van der Waals surface area (Å²) >= 11 is -0.556. The van der Waals surface area contributed by atoms with Crippen molar-refractivity contribution in [2.24, 2.45) is 0 Å². The normalized spacial score (nSPS) is 10.6. The van der Waals surface area contributed by atoms with Crippen LogP contribution < -0.4 is 15.9 Å². The van der Waals surface area contributed by atoms with Gasteiger partial charge in [0.1, 0.15) is 0 Å². The van der Waals surface area contributed by atoms with E-state index in [9.17, 15) is 4.79 Å². The third-order valence-electron chi connectivity index (χ3n) is 3.57. The van der Waals surface area contributed by atoms with Gasteiger partial charge in [-0.3, -0.25) is 0 Å². The summed E-state index contributed by atoms with van der Waals surface area (Å²) < 4.78 is 0. The summed E-state index contributed by atoms with van der Waals surface area (Å²) in [5.74, 6) is 0. The summed E-state index contributed by atoms with van der Waals surface area (Å²) in [6, 6.07) is 32.4. The number of benzene rings is 3. The van der Waals surface area contributed by atoms with Gasteiger partial charge < -0.3 is 4.79 Å². The van der Waals surface area contributed by atoms with E-state index in [1.165, 1.54) is 0 Å². The molecular weight excluding hydrogens is 538 g/mol. The molecule has 0 heterocycles. The van der Waals surface area contributed by atoms with Crippen LogP contribution in [-0.2, 0) is 20.5 Å². The fraction of sp³-hybridized carbons (Fsp3) is 0. The predicted octanol–water partition coefficient (Wildman–Crippen LogP) is 4.42. The molecule has 0 saturated carbocycles. The molecule has 0 radical (unpaired) electrons. The molecule has 0 aliphatic carbocycles. The summed E-state index contributed by atoms with van der Waals surface area (Å²) in [5, 5.41) is 3.12. The monoisotopic (exact) mass is 553 g/mol. The van der Waals surface area contributed by atoms with Gasteiger partial charge in [-0.25, -0.2) is 0 Å². The minimum atomic E-state index is -2.34. The zero-order valence-electron chi connectivity index (χ0n) is 12.6. The molecule has 1 nitrogen and oxygen atoms in total. The van der Waals surface area contributed by atoms with E-state index >= 15 is 0 Å². The van der Waals surface area contributed by atoms with Gasteiger partial charge >= 0.3 is 34.8 Å². The Morgan fingerprint density at radius 2 is 0.875 bits per heavy atom. The molecule has 3 aromatic carbocycles. The van der Waals surface area contributed by atoms with Crippen LogP contribution in [-0.4, -0.2) is 6.03 Å². The minimum absolute atomic E-state index is 0.556. The van der Waals surface area contributed by atoms with Crippen LogP contribution in [0.5, 0.6) is 0 Å². The molecule has 0 spiro atoms. The molecular formula is C19H15Cl2IrOP+. The summed E-state index contributed by atoms with van der Waals surface area (Å²) in [4.78, 5) is 12.2. The Hall–Kier alpha value is -1.01. The van der Waals surface area contributed by atoms with Gasteiger partial charge in [0.05, 0.1) is 15.9 Å². The molecule has 3 aromatic rings. The van der Waals surface area contributed by atoms with Crippen molar-refractivity contribution in [3.63, 3.8) is 0 Å². The maximum absolute atomic E-state index is 12.2. The van der Waals surface area contributed by atoms with E-state index in [1.807, 2.05) is 91.0 Å². The Kier molecular flexibility index (Phi) is 8.12. The average molecular weight is 553 g/mol. The van der Waals surface area contributed by atoms with Gasteiger partial charge in [0.25, 0.3) is 0 Å². The van der Waals surface area contributed by atoms with Crippen LogP contribution in [0.2, 0.25) is 0 Å². The Morgan fingerprint density at radius 3 is 1.08 bits per heavy atom. The SMILES string of the molecule is O=[C-][P+](c1ccccc1)(c1ccccc1)c1ccccc1.[Cl][Ir+][Cl]. The Bertz CT molecular complexity index is 642. The molecule has 24 heavy (non-hydrogen) atoms. The van der Waals surface area contributed by atoms with Gasteiger partial charge in [-0.1, -0.05) is 60.6 Å². The van der Waals surface area contributed by atoms with Crippen molar-refractivity contribution in [2.45, 2.75) is 0 Å². The van der Waals surface area contributed by atoms with Crippen molar-refractivity contribution in [3.05, 3.63) is 91.0 Å². The topological polar surface area (TPSA) is 17.1 Å². The van der Waals surface area contributed by atoms with Crippen LogP contribution in [0.1, 0.15) is 0 Å². The van der Waals surface area contributed by atoms with Crippen LogP contribution in [0.25, 0.3) is 0 Å². The van der Waals surface area contributed by atoms with E-state index in [4.69, 9.17) is 19.2 Å². The number of rotatable bonds is 4. The van der Waals surface area contributed by atoms with Crippen molar-refractivity contribution < 1.29 is 20.5 Å². The molecule has 124 valence electrons. The van der Waals surface area contributed by atoms with Crippen LogP contribution in [0.3, 0.4) is 0 Å². The van der Waals surface area contributed by atoms with Crippen molar-refractivity contribution in [1.82, 2.24) is 0 Å². The molecule has 0 amide bonds. The number of hydrogen-bond donors (Lipinski definition) is 0. The number of hydrogen-bond acceptors (Lipinski definition) is 1. The van der Waals surface area contributed by atoms with Gasteiger partial charge in [-0.2, -0.15) is 0 Å². The van der Waals surface area contributed by atoms with Crippen LogP contribution in [0.4, 0.5) is 0 Å². The molecule has 0 saturated heterocycles. The zero-order chi connectivity index (χ0) is 17.3. The first-order valence-electron chi connectivity index (χ1n) is 7.08. The molecule has 0 atom stereocenters. The van der Waals surface area contributed by atoms with E-state index in [0.717, 1.165) is 15.9 Å². The predicted molar refractivity (Wildman–Crippen MR) is 103 cm³/mol. The summed E-state index contributed by atoms with van der Waals surface area (Å²) in [5.41, 5.74) is 0. The molecule has 0 fully saturated rings. The van der Waals surface area contributed by atoms with Gasteiger partial charge in [0, 0.05) is 7.26 Å². The van der Waals surface area contributed by atoms with Crippen LogP contribution in [0.15, 0.2) is 91.0 Å². The summed E-state index contributed by atoms with van der Waals surface area (Å²) in [6.45, 7) is 0. The van der Waals surface area contributed by atoms with E-state index in [2.05, 4.69) is 6.03 Å². The Morgan fingerprint density at radius 1 is 0.625 bits per heavy atom. The van der Waals surface area contributed by atoms with E-state index in [-0.39, 0.29) is 0 Å². The van der Waals surface area contributed by atoms with Gasteiger partial charge in [0.15, 0.2) is 0 Å². The fourth-order valence-corrected chi connectivity index (χ4v) is 5.63. The molecule has 0 aromatic heterocycles. The summed E-state index contributed by atoms with van der Waals surface area (Å²) in [7, 11) is 7.44. The quantitative estimate of drug-likeness (QED) is 0.346. The zero-order valence-corrected chi connectivity index (χ0v) is 17.4. The third kappa shape index (κ3) is 4.33. The van der Waals surface area contributed by atoms with E-state index in [1.54, 1.807) is 0 Å². The molecule has 0 aliphatic heterocycles. The van der Waals surface area contributed by atoms with E-state index in [0.29, 0.717) is 0 Å². The Labute approximate surface area is 159 Å². The Balaban J connectivity index is 0.000000647.